The molecule has 0 radical (unpaired) electrons. The molecule has 15 nitrogen and oxygen atoms in total. The summed E-state index contributed by atoms with van der Waals surface area (Å²) in [5.41, 5.74) is 0.807. The van der Waals surface area contributed by atoms with Gasteiger partial charge in [-0.1, -0.05) is 6.92 Å². The van der Waals surface area contributed by atoms with E-state index in [-0.39, 0.29) is 12.5 Å². The van der Waals surface area contributed by atoms with Crippen LogP contribution in [0.2, 0.25) is 0 Å². The second kappa shape index (κ2) is 11.6. The summed E-state index contributed by atoms with van der Waals surface area (Å²) in [7, 11) is 0. The van der Waals surface area contributed by atoms with E-state index in [1.165, 1.54) is 17.2 Å². The molecule has 2 fully saturated rings. The first-order valence-electron chi connectivity index (χ1n) is 11.7. The lowest BCUT2D eigenvalue weighted by Gasteiger charge is -2.39. The number of fused-ring (bicyclic) bond motifs is 1. The van der Waals surface area contributed by atoms with Crippen LogP contribution in [0.1, 0.15) is 19.6 Å². The van der Waals surface area contributed by atoms with Gasteiger partial charge in [0.1, 0.15) is 49.1 Å². The molecule has 0 bridgehead atoms. The Morgan fingerprint density at radius 2 is 1.64 bits per heavy atom. The lowest BCUT2D eigenvalue weighted by atomic mass is 9.99. The lowest BCUT2D eigenvalue weighted by Crippen LogP contribution is -2.59. The zero-order valence-corrected chi connectivity index (χ0v) is 19.6. The highest BCUT2D eigenvalue weighted by atomic mass is 16.7. The van der Waals surface area contributed by atoms with Crippen LogP contribution in [0.4, 0.5) is 5.82 Å². The van der Waals surface area contributed by atoms with E-state index >= 15 is 0 Å². The minimum Gasteiger partial charge on any atom is -0.394 e. The van der Waals surface area contributed by atoms with Crippen molar-refractivity contribution in [2.75, 3.05) is 31.7 Å². The molecule has 4 heterocycles. The van der Waals surface area contributed by atoms with Crippen LogP contribution in [-0.4, -0.2) is 131 Å². The number of aliphatic hydroxyl groups is 7. The number of aromatic nitrogens is 4. The maximum atomic E-state index is 10.3. The van der Waals surface area contributed by atoms with Crippen molar-refractivity contribution >= 4 is 17.0 Å². The van der Waals surface area contributed by atoms with E-state index in [0.29, 0.717) is 29.9 Å². The molecular formula is C21H33N5O10. The SMILES string of the molecule is CC(CCNc1ncnc2c1ncn2C1OC(CO)C(O)C1O)COC1OC(CO)C(O)C(O)C1O. The summed E-state index contributed by atoms with van der Waals surface area (Å²) in [5, 5.41) is 71.9. The van der Waals surface area contributed by atoms with E-state index in [4.69, 9.17) is 14.2 Å². The molecule has 8 N–H and O–H groups in total. The molecule has 0 spiro atoms. The average molecular weight is 516 g/mol. The van der Waals surface area contributed by atoms with Crippen LogP contribution in [-0.2, 0) is 14.2 Å². The van der Waals surface area contributed by atoms with Crippen LogP contribution >= 0.6 is 0 Å². The van der Waals surface area contributed by atoms with E-state index < -0.39 is 68.5 Å². The highest BCUT2D eigenvalue weighted by Crippen LogP contribution is 2.32. The molecule has 2 aromatic heterocycles. The van der Waals surface area contributed by atoms with E-state index in [1.807, 2.05) is 6.92 Å². The summed E-state index contributed by atoms with van der Waals surface area (Å²) in [5.74, 6) is 0.450. The van der Waals surface area contributed by atoms with Crippen molar-refractivity contribution in [3.63, 3.8) is 0 Å². The predicted octanol–water partition coefficient (Wildman–Crippen LogP) is -3.31. The fraction of sp³-hybridized carbons (Fsp3) is 0.762. The molecule has 2 saturated heterocycles. The molecule has 10 unspecified atom stereocenters. The van der Waals surface area contributed by atoms with Gasteiger partial charge in [0.05, 0.1) is 26.1 Å². The maximum Gasteiger partial charge on any atom is 0.186 e. The first-order chi connectivity index (χ1) is 17.3. The smallest absolute Gasteiger partial charge is 0.186 e. The molecule has 15 heteroatoms. The second-order valence-corrected chi connectivity index (χ2v) is 9.13. The second-order valence-electron chi connectivity index (χ2n) is 9.13. The number of aliphatic hydroxyl groups excluding tert-OH is 7. The first-order valence-corrected chi connectivity index (χ1v) is 11.7. The normalized spacial score (nSPS) is 35.8. The summed E-state index contributed by atoms with van der Waals surface area (Å²) in [6.07, 6.45) is -7.63. The van der Waals surface area contributed by atoms with E-state index in [9.17, 15) is 35.7 Å². The van der Waals surface area contributed by atoms with Crippen molar-refractivity contribution in [3.05, 3.63) is 12.7 Å². The van der Waals surface area contributed by atoms with Crippen LogP contribution in [0.5, 0.6) is 0 Å². The van der Waals surface area contributed by atoms with Crippen LogP contribution in [0.15, 0.2) is 12.7 Å². The number of ether oxygens (including phenoxy) is 3. The van der Waals surface area contributed by atoms with Gasteiger partial charge >= 0.3 is 0 Å². The molecule has 0 saturated carbocycles. The number of rotatable bonds is 10. The topological polar surface area (TPSA) is 225 Å². The zero-order chi connectivity index (χ0) is 26.0. The minimum absolute atomic E-state index is 0.00121. The number of hydrogen-bond donors (Lipinski definition) is 8. The Balaban J connectivity index is 1.31. The summed E-state index contributed by atoms with van der Waals surface area (Å²) >= 11 is 0. The van der Waals surface area contributed by atoms with Gasteiger partial charge in [0.15, 0.2) is 29.5 Å². The Bertz CT molecular complexity index is 995. The lowest BCUT2D eigenvalue weighted by molar-refractivity contribution is -0.303. The molecule has 2 aliphatic rings. The molecule has 2 aliphatic heterocycles. The van der Waals surface area contributed by atoms with Gasteiger partial charge in [-0.15, -0.1) is 0 Å². The van der Waals surface area contributed by atoms with E-state index in [2.05, 4.69) is 20.3 Å². The predicted molar refractivity (Wildman–Crippen MR) is 120 cm³/mol. The third-order valence-electron chi connectivity index (χ3n) is 6.47. The highest BCUT2D eigenvalue weighted by molar-refractivity contribution is 5.82. The van der Waals surface area contributed by atoms with Gasteiger partial charge in [0, 0.05) is 6.54 Å². The summed E-state index contributed by atoms with van der Waals surface area (Å²) in [6.45, 7) is 1.61. The Kier molecular flexibility index (Phi) is 8.67. The van der Waals surface area contributed by atoms with Crippen LogP contribution in [0.25, 0.3) is 11.2 Å². The highest BCUT2D eigenvalue weighted by Gasteiger charge is 2.45. The van der Waals surface area contributed by atoms with Crippen molar-refractivity contribution in [2.45, 2.75) is 68.6 Å². The molecule has 0 aliphatic carbocycles. The van der Waals surface area contributed by atoms with Crippen LogP contribution < -0.4 is 5.32 Å². The minimum atomic E-state index is -1.49. The van der Waals surface area contributed by atoms with Gasteiger partial charge < -0.3 is 55.3 Å². The Morgan fingerprint density at radius 3 is 2.33 bits per heavy atom. The Labute approximate surface area is 205 Å². The van der Waals surface area contributed by atoms with Crippen molar-refractivity contribution in [1.29, 1.82) is 0 Å². The number of hydrogen-bond acceptors (Lipinski definition) is 14. The van der Waals surface area contributed by atoms with E-state index in [1.54, 1.807) is 0 Å². The van der Waals surface area contributed by atoms with Gasteiger partial charge in [-0.3, -0.25) is 4.57 Å². The number of nitrogens with zero attached hydrogens (tertiary/aromatic N) is 4. The van der Waals surface area contributed by atoms with Gasteiger partial charge in [-0.05, 0) is 12.3 Å². The third kappa shape index (κ3) is 5.31. The van der Waals surface area contributed by atoms with Crippen molar-refractivity contribution in [1.82, 2.24) is 19.5 Å². The molecule has 10 atom stereocenters. The van der Waals surface area contributed by atoms with Gasteiger partial charge in [-0.2, -0.15) is 0 Å². The zero-order valence-electron chi connectivity index (χ0n) is 19.6. The standard InChI is InChI=1S/C21H33N5O10/c1-9(6-34-21-17(33)15(31)13(29)11(5-28)36-21)2-3-22-18-12-19(24-7-23-18)26(8-25-12)20-16(32)14(30)10(4-27)35-20/h7-11,13-17,20-21,27-33H,2-6H2,1H3,(H,22,23,24). The van der Waals surface area contributed by atoms with Crippen LogP contribution in [0.3, 0.4) is 0 Å². The molecule has 202 valence electrons. The van der Waals surface area contributed by atoms with Gasteiger partial charge in [0.25, 0.3) is 0 Å². The molecule has 0 aromatic carbocycles. The fourth-order valence-corrected chi connectivity index (χ4v) is 4.26. The molecule has 0 amide bonds. The molecular weight excluding hydrogens is 482 g/mol. The Morgan fingerprint density at radius 1 is 0.944 bits per heavy atom. The van der Waals surface area contributed by atoms with E-state index in [0.717, 1.165) is 0 Å². The van der Waals surface area contributed by atoms with Gasteiger partial charge in [-0.25, -0.2) is 15.0 Å². The third-order valence-corrected chi connectivity index (χ3v) is 6.47. The van der Waals surface area contributed by atoms with Crippen molar-refractivity contribution < 1.29 is 50.0 Å². The monoisotopic (exact) mass is 515 g/mol. The molecule has 2 aromatic rings. The van der Waals surface area contributed by atoms with Crippen LogP contribution in [0, 0.1) is 5.92 Å². The number of anilines is 1. The number of imidazole rings is 1. The summed E-state index contributed by atoms with van der Waals surface area (Å²) in [4.78, 5) is 12.7. The quantitative estimate of drug-likeness (QED) is 0.155. The largest absolute Gasteiger partial charge is 0.394 e. The Hall–Kier alpha value is -2.05. The van der Waals surface area contributed by atoms with Crippen molar-refractivity contribution in [2.24, 2.45) is 5.92 Å². The van der Waals surface area contributed by atoms with Gasteiger partial charge in [0.2, 0.25) is 0 Å². The fourth-order valence-electron chi connectivity index (χ4n) is 4.26. The maximum absolute atomic E-state index is 10.3. The number of nitrogens with one attached hydrogen (secondary N) is 1. The first kappa shape index (κ1) is 27.0. The molecule has 4 rings (SSSR count). The average Bonchev–Trinajstić information content (AvgIpc) is 3.43. The summed E-state index contributed by atoms with van der Waals surface area (Å²) in [6, 6.07) is 0. The molecule has 36 heavy (non-hydrogen) atoms. The van der Waals surface area contributed by atoms with Crippen molar-refractivity contribution in [3.8, 4) is 0 Å². The summed E-state index contributed by atoms with van der Waals surface area (Å²) < 4.78 is 18.0.